The highest BCUT2D eigenvalue weighted by molar-refractivity contribution is 5.03. The Morgan fingerprint density at radius 1 is 1.50 bits per heavy atom. The topological polar surface area (TPSA) is 34.4 Å². The van der Waals surface area contributed by atoms with Crippen LogP contribution in [0, 0.1) is 0 Å². The first-order chi connectivity index (χ1) is 6.90. The molecular weight excluding hydrogens is 178 g/mol. The molecule has 3 nitrogen and oxygen atoms in total. The van der Waals surface area contributed by atoms with Crippen LogP contribution in [0.4, 0.5) is 0 Å². The predicted molar refractivity (Wildman–Crippen MR) is 54.1 cm³/mol. The summed E-state index contributed by atoms with van der Waals surface area (Å²) in [4.78, 5) is 0. The summed E-state index contributed by atoms with van der Waals surface area (Å²) in [5.41, 5.74) is 0. The van der Waals surface area contributed by atoms with Crippen molar-refractivity contribution >= 4 is 0 Å². The van der Waals surface area contributed by atoms with E-state index in [1.54, 1.807) is 6.26 Å². The van der Waals surface area contributed by atoms with Gasteiger partial charge in [0, 0.05) is 13.1 Å². The predicted octanol–water partition coefficient (Wildman–Crippen LogP) is 2.11. The molecule has 1 fully saturated rings. The van der Waals surface area contributed by atoms with E-state index in [1.807, 2.05) is 12.1 Å². The Bertz CT molecular complexity index is 256. The SMILES string of the molecule is CCCC1CNCC(c2ccco2)O1. The van der Waals surface area contributed by atoms with Crippen LogP contribution in [0.25, 0.3) is 0 Å². The molecule has 1 aromatic heterocycles. The number of rotatable bonds is 3. The van der Waals surface area contributed by atoms with E-state index >= 15 is 0 Å². The molecule has 0 bridgehead atoms. The third-order valence-corrected chi connectivity index (χ3v) is 2.53. The second-order valence-electron chi connectivity index (χ2n) is 3.71. The van der Waals surface area contributed by atoms with Crippen molar-refractivity contribution in [3.05, 3.63) is 24.2 Å². The van der Waals surface area contributed by atoms with Crippen LogP contribution < -0.4 is 5.32 Å². The van der Waals surface area contributed by atoms with Crippen molar-refractivity contribution in [2.75, 3.05) is 13.1 Å². The third-order valence-electron chi connectivity index (χ3n) is 2.53. The van der Waals surface area contributed by atoms with Gasteiger partial charge in [-0.2, -0.15) is 0 Å². The minimum atomic E-state index is 0.0929. The summed E-state index contributed by atoms with van der Waals surface area (Å²) in [7, 11) is 0. The maximum absolute atomic E-state index is 5.91. The molecule has 0 saturated carbocycles. The zero-order chi connectivity index (χ0) is 9.80. The van der Waals surface area contributed by atoms with Crippen LogP contribution in [0.3, 0.4) is 0 Å². The van der Waals surface area contributed by atoms with Gasteiger partial charge in [0.05, 0.1) is 12.4 Å². The van der Waals surface area contributed by atoms with Crippen molar-refractivity contribution in [3.63, 3.8) is 0 Å². The van der Waals surface area contributed by atoms with Gasteiger partial charge in [-0.15, -0.1) is 0 Å². The Kier molecular flexibility index (Phi) is 3.22. The second kappa shape index (κ2) is 4.62. The Balaban J connectivity index is 1.94. The number of furan rings is 1. The monoisotopic (exact) mass is 195 g/mol. The van der Waals surface area contributed by atoms with Gasteiger partial charge in [0.15, 0.2) is 0 Å². The van der Waals surface area contributed by atoms with Crippen LogP contribution in [-0.2, 0) is 4.74 Å². The largest absolute Gasteiger partial charge is 0.467 e. The van der Waals surface area contributed by atoms with Crippen LogP contribution in [0.2, 0.25) is 0 Å². The van der Waals surface area contributed by atoms with Crippen molar-refractivity contribution in [2.24, 2.45) is 0 Å². The fourth-order valence-electron chi connectivity index (χ4n) is 1.84. The molecule has 1 N–H and O–H groups in total. The Morgan fingerprint density at radius 2 is 2.43 bits per heavy atom. The van der Waals surface area contributed by atoms with Gasteiger partial charge in [0.1, 0.15) is 11.9 Å². The van der Waals surface area contributed by atoms with Gasteiger partial charge in [0.25, 0.3) is 0 Å². The van der Waals surface area contributed by atoms with E-state index in [0.717, 1.165) is 31.7 Å². The zero-order valence-corrected chi connectivity index (χ0v) is 8.53. The minimum absolute atomic E-state index is 0.0929. The highest BCUT2D eigenvalue weighted by atomic mass is 16.5. The van der Waals surface area contributed by atoms with Crippen LogP contribution in [0.15, 0.2) is 22.8 Å². The van der Waals surface area contributed by atoms with Crippen molar-refractivity contribution in [1.82, 2.24) is 5.32 Å². The van der Waals surface area contributed by atoms with Crippen LogP contribution in [-0.4, -0.2) is 19.2 Å². The fourth-order valence-corrected chi connectivity index (χ4v) is 1.84. The second-order valence-corrected chi connectivity index (χ2v) is 3.71. The highest BCUT2D eigenvalue weighted by Crippen LogP contribution is 2.23. The van der Waals surface area contributed by atoms with E-state index in [-0.39, 0.29) is 6.10 Å². The molecule has 1 aromatic rings. The van der Waals surface area contributed by atoms with E-state index in [9.17, 15) is 0 Å². The molecule has 0 amide bonds. The molecule has 2 atom stereocenters. The average Bonchev–Trinajstić information content (AvgIpc) is 2.71. The number of ether oxygens (including phenoxy) is 1. The smallest absolute Gasteiger partial charge is 0.133 e. The maximum Gasteiger partial charge on any atom is 0.133 e. The van der Waals surface area contributed by atoms with Gasteiger partial charge in [-0.3, -0.25) is 0 Å². The number of morpholine rings is 1. The third kappa shape index (κ3) is 2.16. The van der Waals surface area contributed by atoms with Gasteiger partial charge < -0.3 is 14.5 Å². The standard InChI is InChI=1S/C11H17NO2/c1-2-4-9-7-12-8-11(14-9)10-5-3-6-13-10/h3,5-6,9,11-12H,2,4,7-8H2,1H3. The molecule has 1 aliphatic heterocycles. The van der Waals surface area contributed by atoms with Gasteiger partial charge in [-0.25, -0.2) is 0 Å². The summed E-state index contributed by atoms with van der Waals surface area (Å²) >= 11 is 0. The molecule has 3 heteroatoms. The molecule has 2 unspecified atom stereocenters. The van der Waals surface area contributed by atoms with E-state index < -0.39 is 0 Å². The first-order valence-corrected chi connectivity index (χ1v) is 5.29. The van der Waals surface area contributed by atoms with Crippen molar-refractivity contribution in [1.29, 1.82) is 0 Å². The number of nitrogens with one attached hydrogen (secondary N) is 1. The maximum atomic E-state index is 5.91. The van der Waals surface area contributed by atoms with Gasteiger partial charge in [-0.1, -0.05) is 13.3 Å². The molecular formula is C11H17NO2. The van der Waals surface area contributed by atoms with Crippen LogP contribution in [0.1, 0.15) is 31.6 Å². The fraction of sp³-hybridized carbons (Fsp3) is 0.636. The minimum Gasteiger partial charge on any atom is -0.467 e. The highest BCUT2D eigenvalue weighted by Gasteiger charge is 2.24. The molecule has 1 aliphatic rings. The molecule has 0 aliphatic carbocycles. The Labute approximate surface area is 84.4 Å². The molecule has 0 spiro atoms. The van der Waals surface area contributed by atoms with Gasteiger partial charge in [0.2, 0.25) is 0 Å². The lowest BCUT2D eigenvalue weighted by Crippen LogP contribution is -2.40. The zero-order valence-electron chi connectivity index (χ0n) is 8.53. The number of hydrogen-bond donors (Lipinski definition) is 1. The Hall–Kier alpha value is -0.800. The first kappa shape index (κ1) is 9.74. The molecule has 0 aromatic carbocycles. The molecule has 2 rings (SSSR count). The van der Waals surface area contributed by atoms with Gasteiger partial charge in [-0.05, 0) is 18.6 Å². The lowest BCUT2D eigenvalue weighted by Gasteiger charge is -2.29. The molecule has 0 radical (unpaired) electrons. The lowest BCUT2D eigenvalue weighted by atomic mass is 10.1. The van der Waals surface area contributed by atoms with Crippen LogP contribution in [0.5, 0.6) is 0 Å². The van der Waals surface area contributed by atoms with Crippen molar-refractivity contribution in [2.45, 2.75) is 32.0 Å². The van der Waals surface area contributed by atoms with E-state index in [4.69, 9.17) is 9.15 Å². The molecule has 1 saturated heterocycles. The summed E-state index contributed by atoms with van der Waals surface area (Å²) in [6.07, 6.45) is 4.41. The Morgan fingerprint density at radius 3 is 3.14 bits per heavy atom. The first-order valence-electron chi connectivity index (χ1n) is 5.29. The summed E-state index contributed by atoms with van der Waals surface area (Å²) in [5.74, 6) is 0.929. The van der Waals surface area contributed by atoms with Crippen LogP contribution >= 0.6 is 0 Å². The lowest BCUT2D eigenvalue weighted by molar-refractivity contribution is -0.0519. The molecule has 2 heterocycles. The molecule has 78 valence electrons. The normalized spacial score (nSPS) is 27.8. The summed E-state index contributed by atoms with van der Waals surface area (Å²) in [6.45, 7) is 4.00. The number of hydrogen-bond acceptors (Lipinski definition) is 3. The van der Waals surface area contributed by atoms with E-state index in [0.29, 0.717) is 6.10 Å². The van der Waals surface area contributed by atoms with E-state index in [1.165, 1.54) is 0 Å². The summed E-state index contributed by atoms with van der Waals surface area (Å²) in [6, 6.07) is 3.88. The quantitative estimate of drug-likeness (QED) is 0.802. The van der Waals surface area contributed by atoms with Crippen molar-refractivity contribution < 1.29 is 9.15 Å². The summed E-state index contributed by atoms with van der Waals surface area (Å²) in [5, 5.41) is 3.37. The molecule has 14 heavy (non-hydrogen) atoms. The average molecular weight is 195 g/mol. The van der Waals surface area contributed by atoms with Crippen molar-refractivity contribution in [3.8, 4) is 0 Å². The van der Waals surface area contributed by atoms with E-state index in [2.05, 4.69) is 12.2 Å². The van der Waals surface area contributed by atoms with Gasteiger partial charge >= 0.3 is 0 Å². The summed E-state index contributed by atoms with van der Waals surface area (Å²) < 4.78 is 11.2.